The Balaban J connectivity index is 2.00. The lowest BCUT2D eigenvalue weighted by Gasteiger charge is -2.30. The zero-order chi connectivity index (χ0) is 13.4. The van der Waals surface area contributed by atoms with Crippen molar-refractivity contribution in [3.63, 3.8) is 0 Å². The van der Waals surface area contributed by atoms with E-state index in [2.05, 4.69) is 41.3 Å². The Morgan fingerprint density at radius 3 is 2.74 bits per heavy atom. The normalized spacial score (nSPS) is 20.3. The molecule has 3 heteroatoms. The molecule has 0 fully saturated rings. The molecular formula is C16H15N3. The summed E-state index contributed by atoms with van der Waals surface area (Å²) >= 11 is 0. The smallest absolute Gasteiger partial charge is 0.107 e. The Morgan fingerprint density at radius 1 is 1.21 bits per heavy atom. The number of fused-ring (bicyclic) bond motifs is 1. The SMILES string of the molecule is Cc1cc(C#N)ccc1N1C=C2C=CC=CN2[C@H]1C. The molecule has 1 atom stereocenters. The lowest BCUT2D eigenvalue weighted by molar-refractivity contribution is 0.403. The third kappa shape index (κ3) is 1.82. The van der Waals surface area contributed by atoms with Crippen molar-refractivity contribution < 1.29 is 0 Å². The molecule has 2 aliphatic rings. The average molecular weight is 249 g/mol. The van der Waals surface area contributed by atoms with Crippen molar-refractivity contribution >= 4 is 5.69 Å². The molecule has 0 saturated carbocycles. The van der Waals surface area contributed by atoms with E-state index in [1.807, 2.05) is 37.3 Å². The molecule has 0 unspecified atom stereocenters. The van der Waals surface area contributed by atoms with Crippen molar-refractivity contribution in [2.75, 3.05) is 4.90 Å². The number of rotatable bonds is 1. The van der Waals surface area contributed by atoms with Gasteiger partial charge in [-0.3, -0.25) is 0 Å². The second-order valence-electron chi connectivity index (χ2n) is 4.81. The number of hydrogen-bond acceptors (Lipinski definition) is 3. The predicted octanol–water partition coefficient (Wildman–Crippen LogP) is 3.26. The molecule has 94 valence electrons. The minimum atomic E-state index is 0.253. The molecule has 0 N–H and O–H groups in total. The van der Waals surface area contributed by atoms with Gasteiger partial charge in [-0.25, -0.2) is 0 Å². The molecule has 0 spiro atoms. The first-order chi connectivity index (χ1) is 9.20. The summed E-state index contributed by atoms with van der Waals surface area (Å²) in [4.78, 5) is 4.48. The molecule has 19 heavy (non-hydrogen) atoms. The Hall–Kier alpha value is -2.47. The van der Waals surface area contributed by atoms with Crippen LogP contribution in [0.4, 0.5) is 5.69 Å². The van der Waals surface area contributed by atoms with Gasteiger partial charge in [0.1, 0.15) is 6.17 Å². The molecule has 0 amide bonds. The average Bonchev–Trinajstić information content (AvgIpc) is 2.76. The minimum Gasteiger partial charge on any atom is -0.326 e. The molecule has 3 nitrogen and oxygen atoms in total. The molecule has 0 bridgehead atoms. The first kappa shape index (κ1) is 11.6. The van der Waals surface area contributed by atoms with E-state index in [-0.39, 0.29) is 6.17 Å². The van der Waals surface area contributed by atoms with Crippen LogP contribution in [0.15, 0.2) is 54.5 Å². The lowest BCUT2D eigenvalue weighted by Crippen LogP contribution is -2.34. The van der Waals surface area contributed by atoms with Crippen molar-refractivity contribution in [2.45, 2.75) is 20.0 Å². The minimum absolute atomic E-state index is 0.253. The maximum Gasteiger partial charge on any atom is 0.107 e. The van der Waals surface area contributed by atoms with Gasteiger partial charge in [0.05, 0.1) is 17.3 Å². The zero-order valence-electron chi connectivity index (χ0n) is 11.0. The van der Waals surface area contributed by atoms with Gasteiger partial charge < -0.3 is 9.80 Å². The van der Waals surface area contributed by atoms with Crippen LogP contribution in [-0.2, 0) is 0 Å². The second kappa shape index (κ2) is 4.33. The quantitative estimate of drug-likeness (QED) is 0.765. The Kier molecular flexibility index (Phi) is 2.64. The van der Waals surface area contributed by atoms with Crippen LogP contribution in [-0.4, -0.2) is 11.1 Å². The second-order valence-corrected chi connectivity index (χ2v) is 4.81. The molecule has 1 aromatic rings. The van der Waals surface area contributed by atoms with Crippen LogP contribution in [0.1, 0.15) is 18.1 Å². The third-order valence-electron chi connectivity index (χ3n) is 3.60. The van der Waals surface area contributed by atoms with Crippen LogP contribution in [0, 0.1) is 18.3 Å². The van der Waals surface area contributed by atoms with Gasteiger partial charge in [-0.2, -0.15) is 5.26 Å². The number of anilines is 1. The van der Waals surface area contributed by atoms with Crippen LogP contribution < -0.4 is 4.90 Å². The lowest BCUT2D eigenvalue weighted by atomic mass is 10.1. The maximum absolute atomic E-state index is 8.94. The molecule has 2 aliphatic heterocycles. The summed E-state index contributed by atoms with van der Waals surface area (Å²) in [6.07, 6.45) is 10.7. The summed E-state index contributed by atoms with van der Waals surface area (Å²) in [6, 6.07) is 8.01. The molecular weight excluding hydrogens is 234 g/mol. The Morgan fingerprint density at radius 2 is 2.05 bits per heavy atom. The summed E-state index contributed by atoms with van der Waals surface area (Å²) in [5.41, 5.74) is 4.17. The van der Waals surface area contributed by atoms with Gasteiger partial charge in [-0.05, 0) is 49.8 Å². The van der Waals surface area contributed by atoms with E-state index in [4.69, 9.17) is 5.26 Å². The van der Waals surface area contributed by atoms with E-state index in [1.54, 1.807) is 0 Å². The third-order valence-corrected chi connectivity index (χ3v) is 3.60. The highest BCUT2D eigenvalue weighted by Crippen LogP contribution is 2.33. The van der Waals surface area contributed by atoms with E-state index in [0.29, 0.717) is 5.56 Å². The number of allylic oxidation sites excluding steroid dienone is 3. The summed E-state index contributed by atoms with van der Waals surface area (Å²) in [6.45, 7) is 4.22. The van der Waals surface area contributed by atoms with Gasteiger partial charge >= 0.3 is 0 Å². The van der Waals surface area contributed by atoms with Crippen molar-refractivity contribution in [1.82, 2.24) is 4.90 Å². The van der Waals surface area contributed by atoms with Crippen LogP contribution in [0.2, 0.25) is 0 Å². The van der Waals surface area contributed by atoms with Gasteiger partial charge in [0.25, 0.3) is 0 Å². The molecule has 0 radical (unpaired) electrons. The van der Waals surface area contributed by atoms with Crippen molar-refractivity contribution in [3.8, 4) is 6.07 Å². The molecule has 3 rings (SSSR count). The van der Waals surface area contributed by atoms with Gasteiger partial charge in [0, 0.05) is 18.1 Å². The monoisotopic (exact) mass is 249 g/mol. The highest BCUT2D eigenvalue weighted by molar-refractivity contribution is 5.61. The van der Waals surface area contributed by atoms with Gasteiger partial charge in [0.2, 0.25) is 0 Å². The van der Waals surface area contributed by atoms with Gasteiger partial charge in [0.15, 0.2) is 0 Å². The molecule has 0 saturated heterocycles. The summed E-state index contributed by atoms with van der Waals surface area (Å²) in [5, 5.41) is 8.94. The van der Waals surface area contributed by atoms with Gasteiger partial charge in [-0.1, -0.05) is 6.08 Å². The number of nitrogens with zero attached hydrogens (tertiary/aromatic N) is 3. The highest BCUT2D eigenvalue weighted by atomic mass is 15.4. The van der Waals surface area contributed by atoms with Crippen molar-refractivity contribution in [3.05, 3.63) is 65.7 Å². The van der Waals surface area contributed by atoms with E-state index in [0.717, 1.165) is 11.3 Å². The Labute approximate surface area is 113 Å². The fourth-order valence-corrected chi connectivity index (χ4v) is 2.59. The molecule has 2 heterocycles. The highest BCUT2D eigenvalue weighted by Gasteiger charge is 2.28. The van der Waals surface area contributed by atoms with Crippen LogP contribution in [0.5, 0.6) is 0 Å². The fourth-order valence-electron chi connectivity index (χ4n) is 2.59. The number of nitriles is 1. The summed E-state index contributed by atoms with van der Waals surface area (Å²) in [7, 11) is 0. The molecule has 0 aliphatic carbocycles. The maximum atomic E-state index is 8.94. The van der Waals surface area contributed by atoms with E-state index in [1.165, 1.54) is 5.70 Å². The summed E-state index contributed by atoms with van der Waals surface area (Å²) < 4.78 is 0. The van der Waals surface area contributed by atoms with Crippen molar-refractivity contribution in [2.24, 2.45) is 0 Å². The van der Waals surface area contributed by atoms with Crippen LogP contribution in [0.3, 0.4) is 0 Å². The van der Waals surface area contributed by atoms with Crippen LogP contribution in [0.25, 0.3) is 0 Å². The largest absolute Gasteiger partial charge is 0.326 e. The molecule has 1 aromatic carbocycles. The van der Waals surface area contributed by atoms with E-state index < -0.39 is 0 Å². The first-order valence-corrected chi connectivity index (χ1v) is 6.35. The topological polar surface area (TPSA) is 30.3 Å². The van der Waals surface area contributed by atoms with E-state index >= 15 is 0 Å². The number of hydrogen-bond donors (Lipinski definition) is 0. The van der Waals surface area contributed by atoms with Crippen LogP contribution >= 0.6 is 0 Å². The Bertz CT molecular complexity index is 646. The van der Waals surface area contributed by atoms with Crippen molar-refractivity contribution in [1.29, 1.82) is 5.26 Å². The first-order valence-electron chi connectivity index (χ1n) is 6.35. The molecule has 0 aromatic heterocycles. The number of aryl methyl sites for hydroxylation is 1. The standard InChI is InChI=1S/C16H15N3/c1-12-9-14(10-17)6-7-16(12)19-11-15-5-3-4-8-18(15)13(19)2/h3-9,11,13H,1-2H3/t13-/m1/s1. The van der Waals surface area contributed by atoms with Gasteiger partial charge in [-0.15, -0.1) is 0 Å². The number of benzene rings is 1. The fraction of sp³-hybridized carbons (Fsp3) is 0.188. The summed E-state index contributed by atoms with van der Waals surface area (Å²) in [5.74, 6) is 0. The predicted molar refractivity (Wildman–Crippen MR) is 76.0 cm³/mol. The zero-order valence-corrected chi connectivity index (χ0v) is 11.0. The van der Waals surface area contributed by atoms with E-state index in [9.17, 15) is 0 Å².